The van der Waals surface area contributed by atoms with Crippen molar-refractivity contribution in [2.24, 2.45) is 5.73 Å². The van der Waals surface area contributed by atoms with Crippen molar-refractivity contribution in [1.29, 1.82) is 0 Å². The normalized spacial score (nSPS) is 21.7. The van der Waals surface area contributed by atoms with Gasteiger partial charge in [0.05, 0.1) is 6.04 Å². The third-order valence-corrected chi connectivity index (χ3v) is 4.02. The highest BCUT2D eigenvalue weighted by Gasteiger charge is 2.39. The highest BCUT2D eigenvalue weighted by molar-refractivity contribution is 5.78. The number of carbonyl (C=O) groups is 1. The molecule has 2 aliphatic carbocycles. The van der Waals surface area contributed by atoms with E-state index in [0.717, 1.165) is 25.7 Å². The molecule has 0 aromatic heterocycles. The van der Waals surface area contributed by atoms with Gasteiger partial charge in [0, 0.05) is 19.0 Å². The van der Waals surface area contributed by atoms with Crippen molar-refractivity contribution < 1.29 is 4.79 Å². The van der Waals surface area contributed by atoms with Crippen molar-refractivity contribution in [2.75, 3.05) is 6.54 Å². The van der Waals surface area contributed by atoms with E-state index in [9.17, 15) is 4.79 Å². The minimum absolute atomic E-state index is 0.238. The van der Waals surface area contributed by atoms with Gasteiger partial charge in [-0.2, -0.15) is 0 Å². The van der Waals surface area contributed by atoms with E-state index in [2.05, 4.69) is 29.2 Å². The van der Waals surface area contributed by atoms with E-state index < -0.39 is 0 Å². The van der Waals surface area contributed by atoms with Crippen molar-refractivity contribution in [3.8, 4) is 0 Å². The Morgan fingerprint density at radius 2 is 2.06 bits per heavy atom. The molecule has 0 heterocycles. The first-order valence-electron chi connectivity index (χ1n) is 6.90. The van der Waals surface area contributed by atoms with Gasteiger partial charge >= 0.3 is 0 Å². The molecule has 1 saturated carbocycles. The van der Waals surface area contributed by atoms with Crippen LogP contribution in [0.3, 0.4) is 0 Å². The van der Waals surface area contributed by atoms with Crippen molar-refractivity contribution in [3.05, 3.63) is 35.4 Å². The van der Waals surface area contributed by atoms with Crippen LogP contribution in [0.1, 0.15) is 42.9 Å². The van der Waals surface area contributed by atoms with Gasteiger partial charge in [0.25, 0.3) is 0 Å². The van der Waals surface area contributed by atoms with Crippen LogP contribution in [0.15, 0.2) is 24.3 Å². The molecule has 2 N–H and O–H groups in total. The predicted octanol–water partition coefficient (Wildman–Crippen LogP) is 2.01. The Morgan fingerprint density at radius 3 is 2.78 bits per heavy atom. The second kappa shape index (κ2) is 4.73. The molecule has 3 heteroatoms. The van der Waals surface area contributed by atoms with Gasteiger partial charge in [0.15, 0.2) is 0 Å². The summed E-state index contributed by atoms with van der Waals surface area (Å²) in [7, 11) is 0. The molecule has 1 unspecified atom stereocenters. The Labute approximate surface area is 108 Å². The number of nitrogens with two attached hydrogens (primary N) is 1. The molecule has 1 aromatic carbocycles. The summed E-state index contributed by atoms with van der Waals surface area (Å²) in [5.41, 5.74) is 8.30. The van der Waals surface area contributed by atoms with Gasteiger partial charge in [-0.3, -0.25) is 4.79 Å². The molecular weight excluding hydrogens is 224 g/mol. The average molecular weight is 244 g/mol. The first-order chi connectivity index (χ1) is 8.81. The van der Waals surface area contributed by atoms with Crippen LogP contribution in [0.2, 0.25) is 0 Å². The number of benzene rings is 1. The van der Waals surface area contributed by atoms with Gasteiger partial charge in [-0.1, -0.05) is 24.3 Å². The van der Waals surface area contributed by atoms with E-state index in [-0.39, 0.29) is 5.91 Å². The quantitative estimate of drug-likeness (QED) is 0.880. The molecule has 0 spiro atoms. The van der Waals surface area contributed by atoms with Gasteiger partial charge in [-0.15, -0.1) is 0 Å². The number of amides is 1. The summed E-state index contributed by atoms with van der Waals surface area (Å²) < 4.78 is 0. The van der Waals surface area contributed by atoms with Crippen LogP contribution in [0, 0.1) is 0 Å². The number of fused-ring (bicyclic) bond motifs is 1. The number of rotatable bonds is 4. The van der Waals surface area contributed by atoms with Crippen molar-refractivity contribution in [3.63, 3.8) is 0 Å². The number of aryl methyl sites for hydroxylation is 1. The van der Waals surface area contributed by atoms with Gasteiger partial charge in [-0.25, -0.2) is 0 Å². The topological polar surface area (TPSA) is 46.3 Å². The summed E-state index contributed by atoms with van der Waals surface area (Å²) in [5, 5.41) is 0. The molecule has 18 heavy (non-hydrogen) atoms. The Morgan fingerprint density at radius 1 is 1.28 bits per heavy atom. The van der Waals surface area contributed by atoms with E-state index in [1.165, 1.54) is 11.1 Å². The van der Waals surface area contributed by atoms with Gasteiger partial charge < -0.3 is 10.6 Å². The lowest BCUT2D eigenvalue weighted by Gasteiger charge is -2.30. The lowest BCUT2D eigenvalue weighted by atomic mass is 10.1. The average Bonchev–Trinajstić information content (AvgIpc) is 3.11. The first kappa shape index (κ1) is 11.7. The van der Waals surface area contributed by atoms with Crippen molar-refractivity contribution in [2.45, 2.75) is 44.2 Å². The molecule has 0 bridgehead atoms. The SMILES string of the molecule is NCCC(=O)N(C1CC1)C1CCc2ccccc21. The van der Waals surface area contributed by atoms with Crippen LogP contribution in [-0.4, -0.2) is 23.4 Å². The molecule has 96 valence electrons. The van der Waals surface area contributed by atoms with Crippen molar-refractivity contribution in [1.82, 2.24) is 4.90 Å². The van der Waals surface area contributed by atoms with Crippen LogP contribution in [0.5, 0.6) is 0 Å². The molecule has 1 fully saturated rings. The molecule has 1 atom stereocenters. The zero-order chi connectivity index (χ0) is 12.5. The minimum atomic E-state index is 0.238. The number of carbonyl (C=O) groups excluding carboxylic acids is 1. The summed E-state index contributed by atoms with van der Waals surface area (Å²) >= 11 is 0. The van der Waals surface area contributed by atoms with Gasteiger partial charge in [-0.05, 0) is 36.8 Å². The molecule has 0 saturated heterocycles. The summed E-state index contributed by atoms with van der Waals surface area (Å²) in [6.45, 7) is 0.455. The smallest absolute Gasteiger partial charge is 0.224 e. The largest absolute Gasteiger partial charge is 0.333 e. The standard InChI is InChI=1S/C15H20N2O/c16-10-9-15(18)17(12-6-7-12)14-8-5-11-3-1-2-4-13(11)14/h1-4,12,14H,5-10,16H2. The third kappa shape index (κ3) is 2.03. The molecular formula is C15H20N2O. The molecule has 0 aliphatic heterocycles. The molecule has 3 rings (SSSR count). The molecule has 1 aromatic rings. The Bertz CT molecular complexity index is 454. The first-order valence-corrected chi connectivity index (χ1v) is 6.90. The summed E-state index contributed by atoms with van der Waals surface area (Å²) in [4.78, 5) is 14.4. The summed E-state index contributed by atoms with van der Waals surface area (Å²) in [5.74, 6) is 0.238. The number of hydrogen-bond acceptors (Lipinski definition) is 2. The van der Waals surface area contributed by atoms with Crippen molar-refractivity contribution >= 4 is 5.91 Å². The van der Waals surface area contributed by atoms with E-state index in [4.69, 9.17) is 5.73 Å². The van der Waals surface area contributed by atoms with Crippen LogP contribution in [0.4, 0.5) is 0 Å². The fraction of sp³-hybridized carbons (Fsp3) is 0.533. The Kier molecular flexibility index (Phi) is 3.08. The number of nitrogens with zero attached hydrogens (tertiary/aromatic N) is 1. The lowest BCUT2D eigenvalue weighted by Crippen LogP contribution is -2.36. The zero-order valence-electron chi connectivity index (χ0n) is 10.6. The monoisotopic (exact) mass is 244 g/mol. The van der Waals surface area contributed by atoms with Crippen LogP contribution in [-0.2, 0) is 11.2 Å². The zero-order valence-corrected chi connectivity index (χ0v) is 10.6. The summed E-state index contributed by atoms with van der Waals surface area (Å²) in [6.07, 6.45) is 4.98. The van der Waals surface area contributed by atoms with Gasteiger partial charge in [0.2, 0.25) is 5.91 Å². The molecule has 2 aliphatic rings. The maximum atomic E-state index is 12.3. The minimum Gasteiger partial charge on any atom is -0.333 e. The van der Waals surface area contributed by atoms with Gasteiger partial charge in [0.1, 0.15) is 0 Å². The number of hydrogen-bond donors (Lipinski definition) is 1. The van der Waals surface area contributed by atoms with E-state index in [1.54, 1.807) is 0 Å². The molecule has 0 radical (unpaired) electrons. The Balaban J connectivity index is 1.86. The van der Waals surface area contributed by atoms with E-state index >= 15 is 0 Å². The fourth-order valence-corrected chi connectivity index (χ4v) is 3.06. The maximum Gasteiger partial charge on any atom is 0.224 e. The van der Waals surface area contributed by atoms with Crippen LogP contribution in [0.25, 0.3) is 0 Å². The van der Waals surface area contributed by atoms with Crippen LogP contribution < -0.4 is 5.73 Å². The highest BCUT2D eigenvalue weighted by Crippen LogP contribution is 2.41. The second-order valence-corrected chi connectivity index (χ2v) is 5.32. The summed E-state index contributed by atoms with van der Waals surface area (Å²) in [6, 6.07) is 9.30. The second-order valence-electron chi connectivity index (χ2n) is 5.32. The molecule has 1 amide bonds. The maximum absolute atomic E-state index is 12.3. The predicted molar refractivity (Wildman–Crippen MR) is 71.0 cm³/mol. The van der Waals surface area contributed by atoms with E-state index in [0.29, 0.717) is 25.0 Å². The third-order valence-electron chi connectivity index (χ3n) is 4.02. The highest BCUT2D eigenvalue weighted by atomic mass is 16.2. The van der Waals surface area contributed by atoms with Crippen LogP contribution >= 0.6 is 0 Å². The van der Waals surface area contributed by atoms with E-state index in [1.807, 2.05) is 0 Å². The Hall–Kier alpha value is -1.35. The lowest BCUT2D eigenvalue weighted by molar-refractivity contribution is -0.134. The fourth-order valence-electron chi connectivity index (χ4n) is 3.06. The molecule has 3 nitrogen and oxygen atoms in total.